The summed E-state index contributed by atoms with van der Waals surface area (Å²) in [6.07, 6.45) is 1.77. The minimum absolute atomic E-state index is 0.00194. The molecule has 0 bridgehead atoms. The van der Waals surface area contributed by atoms with Crippen LogP contribution in [0.1, 0.15) is 23.2 Å². The van der Waals surface area contributed by atoms with Crippen LogP contribution in [0.4, 0.5) is 0 Å². The first-order valence-corrected chi connectivity index (χ1v) is 6.99. The van der Waals surface area contributed by atoms with Crippen LogP contribution in [-0.2, 0) is 4.79 Å². The lowest BCUT2D eigenvalue weighted by Crippen LogP contribution is -2.48. The number of carbonyl (C=O) groups is 2. The first kappa shape index (κ1) is 12.5. The van der Waals surface area contributed by atoms with E-state index in [0.717, 1.165) is 24.3 Å². The maximum absolute atomic E-state index is 12.6. The molecule has 2 aliphatic heterocycles. The highest BCUT2D eigenvalue weighted by Crippen LogP contribution is 2.28. The van der Waals surface area contributed by atoms with Crippen LogP contribution in [0.25, 0.3) is 0 Å². The molecule has 100 valence electrons. The number of fused-ring (bicyclic) bond motifs is 1. The molecule has 0 radical (unpaired) electrons. The van der Waals surface area contributed by atoms with Gasteiger partial charge >= 0.3 is 0 Å². The van der Waals surface area contributed by atoms with E-state index in [1.165, 1.54) is 0 Å². The van der Waals surface area contributed by atoms with Crippen molar-refractivity contribution < 1.29 is 9.59 Å². The van der Waals surface area contributed by atoms with Gasteiger partial charge in [0.2, 0.25) is 5.91 Å². The lowest BCUT2D eigenvalue weighted by Gasteiger charge is -2.36. The van der Waals surface area contributed by atoms with Crippen molar-refractivity contribution in [2.24, 2.45) is 5.92 Å². The molecule has 1 aromatic rings. The number of amides is 2. The zero-order valence-electron chi connectivity index (χ0n) is 10.5. The van der Waals surface area contributed by atoms with Gasteiger partial charge in [-0.1, -0.05) is 6.07 Å². The zero-order valence-corrected chi connectivity index (χ0v) is 11.4. The van der Waals surface area contributed by atoms with E-state index >= 15 is 0 Å². The third-order valence-corrected chi connectivity index (χ3v) is 4.23. The van der Waals surface area contributed by atoms with Gasteiger partial charge in [0.1, 0.15) is 0 Å². The summed E-state index contributed by atoms with van der Waals surface area (Å²) in [7, 11) is 0. The molecule has 19 heavy (non-hydrogen) atoms. The molecule has 2 fully saturated rings. The molecule has 1 N–H and O–H groups in total. The quantitative estimate of drug-likeness (QED) is 0.760. The second-order valence-corrected chi connectivity index (χ2v) is 5.63. The van der Waals surface area contributed by atoms with E-state index in [-0.39, 0.29) is 23.8 Å². The lowest BCUT2D eigenvalue weighted by atomic mass is 9.91. The Hall–Kier alpha value is -1.49. The average molecular weight is 276 g/mol. The highest BCUT2D eigenvalue weighted by atomic mass is 32.1. The Morgan fingerprint density at radius 1 is 1.42 bits per heavy atom. The summed E-state index contributed by atoms with van der Waals surface area (Å²) >= 11 is 4.27. The van der Waals surface area contributed by atoms with Crippen molar-refractivity contribution in [1.82, 2.24) is 10.2 Å². The Bertz CT molecular complexity index is 532. The van der Waals surface area contributed by atoms with Gasteiger partial charge in [-0.05, 0) is 31.0 Å². The molecule has 1 aromatic carbocycles. The largest absolute Gasteiger partial charge is 0.354 e. The topological polar surface area (TPSA) is 49.4 Å². The van der Waals surface area contributed by atoms with Gasteiger partial charge < -0.3 is 10.2 Å². The van der Waals surface area contributed by atoms with Gasteiger partial charge in [-0.15, -0.1) is 12.6 Å². The summed E-state index contributed by atoms with van der Waals surface area (Å²) < 4.78 is 0. The third kappa shape index (κ3) is 2.23. The lowest BCUT2D eigenvalue weighted by molar-refractivity contribution is -0.123. The van der Waals surface area contributed by atoms with E-state index in [4.69, 9.17) is 0 Å². The fourth-order valence-electron chi connectivity index (χ4n) is 3.01. The van der Waals surface area contributed by atoms with Crippen LogP contribution in [0.5, 0.6) is 0 Å². The van der Waals surface area contributed by atoms with E-state index in [1.54, 1.807) is 12.1 Å². The summed E-state index contributed by atoms with van der Waals surface area (Å²) in [4.78, 5) is 26.9. The average Bonchev–Trinajstić information content (AvgIpc) is 2.80. The van der Waals surface area contributed by atoms with Crippen molar-refractivity contribution in [2.45, 2.75) is 23.8 Å². The minimum atomic E-state index is -0.0307. The fourth-order valence-corrected chi connectivity index (χ4v) is 3.23. The maximum atomic E-state index is 12.6. The predicted molar refractivity (Wildman–Crippen MR) is 74.3 cm³/mol. The van der Waals surface area contributed by atoms with Gasteiger partial charge in [0.25, 0.3) is 5.91 Å². The summed E-state index contributed by atoms with van der Waals surface area (Å²) in [5.74, 6) is 0.0597. The van der Waals surface area contributed by atoms with Crippen LogP contribution in [0.3, 0.4) is 0 Å². The molecule has 2 saturated heterocycles. The van der Waals surface area contributed by atoms with Crippen molar-refractivity contribution in [3.05, 3.63) is 29.8 Å². The molecular formula is C14H16N2O2S. The Morgan fingerprint density at radius 3 is 3.05 bits per heavy atom. The molecule has 4 nitrogen and oxygen atoms in total. The third-order valence-electron chi connectivity index (χ3n) is 3.96. The molecule has 5 heteroatoms. The van der Waals surface area contributed by atoms with Gasteiger partial charge in [-0.3, -0.25) is 9.59 Å². The van der Waals surface area contributed by atoms with Crippen LogP contribution in [0.15, 0.2) is 29.2 Å². The maximum Gasteiger partial charge on any atom is 0.254 e. The number of nitrogens with zero attached hydrogens (tertiary/aromatic N) is 1. The summed E-state index contributed by atoms with van der Waals surface area (Å²) in [5, 5.41) is 2.86. The summed E-state index contributed by atoms with van der Waals surface area (Å²) in [5.41, 5.74) is 0.646. The summed E-state index contributed by atoms with van der Waals surface area (Å²) in [6.45, 7) is 1.31. The molecule has 0 spiro atoms. The predicted octanol–water partition coefficient (Wildman–Crippen LogP) is 1.33. The smallest absolute Gasteiger partial charge is 0.254 e. The molecule has 2 heterocycles. The molecule has 3 rings (SSSR count). The number of nitrogens with one attached hydrogen (secondary N) is 1. The Morgan fingerprint density at radius 2 is 2.26 bits per heavy atom. The second-order valence-electron chi connectivity index (χ2n) is 5.11. The zero-order chi connectivity index (χ0) is 13.4. The van der Waals surface area contributed by atoms with Gasteiger partial charge in [0.15, 0.2) is 0 Å². The van der Waals surface area contributed by atoms with E-state index in [9.17, 15) is 9.59 Å². The van der Waals surface area contributed by atoms with E-state index in [1.807, 2.05) is 17.0 Å². The number of likely N-dealkylation sites (tertiary alicyclic amines) is 1. The molecule has 2 amide bonds. The SMILES string of the molecule is O=C1NCC2C1CCCN2C(=O)c1cccc(S)c1. The number of piperidine rings is 1. The Balaban J connectivity index is 1.85. The van der Waals surface area contributed by atoms with Gasteiger partial charge in [-0.25, -0.2) is 0 Å². The molecule has 0 aliphatic carbocycles. The van der Waals surface area contributed by atoms with Crippen LogP contribution in [-0.4, -0.2) is 35.8 Å². The van der Waals surface area contributed by atoms with Crippen molar-refractivity contribution in [3.8, 4) is 0 Å². The number of rotatable bonds is 1. The van der Waals surface area contributed by atoms with Crippen molar-refractivity contribution in [1.29, 1.82) is 0 Å². The highest BCUT2D eigenvalue weighted by molar-refractivity contribution is 7.80. The number of hydrogen-bond acceptors (Lipinski definition) is 3. The summed E-state index contributed by atoms with van der Waals surface area (Å²) in [6, 6.07) is 7.27. The molecule has 2 unspecified atom stereocenters. The first-order valence-electron chi connectivity index (χ1n) is 6.54. The normalized spacial score (nSPS) is 25.9. The Labute approximate surface area is 117 Å². The highest BCUT2D eigenvalue weighted by Gasteiger charge is 2.42. The number of hydrogen-bond donors (Lipinski definition) is 2. The molecule has 0 saturated carbocycles. The van der Waals surface area contributed by atoms with E-state index in [2.05, 4.69) is 17.9 Å². The number of benzene rings is 1. The van der Waals surface area contributed by atoms with E-state index in [0.29, 0.717) is 12.1 Å². The van der Waals surface area contributed by atoms with Crippen molar-refractivity contribution in [2.75, 3.05) is 13.1 Å². The van der Waals surface area contributed by atoms with E-state index < -0.39 is 0 Å². The van der Waals surface area contributed by atoms with Crippen LogP contribution >= 0.6 is 12.6 Å². The Kier molecular flexibility index (Phi) is 3.22. The van der Waals surface area contributed by atoms with Crippen molar-refractivity contribution >= 4 is 24.4 Å². The molecular weight excluding hydrogens is 260 g/mol. The van der Waals surface area contributed by atoms with Crippen LogP contribution in [0.2, 0.25) is 0 Å². The van der Waals surface area contributed by atoms with Gasteiger partial charge in [0, 0.05) is 23.5 Å². The van der Waals surface area contributed by atoms with Gasteiger partial charge in [0.05, 0.1) is 12.0 Å². The second kappa shape index (κ2) is 4.89. The molecule has 2 aliphatic rings. The monoisotopic (exact) mass is 276 g/mol. The number of thiol groups is 1. The van der Waals surface area contributed by atoms with Crippen LogP contribution in [0, 0.1) is 5.92 Å². The molecule has 2 atom stereocenters. The van der Waals surface area contributed by atoms with Gasteiger partial charge in [-0.2, -0.15) is 0 Å². The minimum Gasteiger partial charge on any atom is -0.354 e. The number of carbonyl (C=O) groups excluding carboxylic acids is 2. The van der Waals surface area contributed by atoms with Crippen molar-refractivity contribution in [3.63, 3.8) is 0 Å². The first-order chi connectivity index (χ1) is 9.16. The fraction of sp³-hybridized carbons (Fsp3) is 0.429. The standard InChI is InChI=1S/C14H16N2O2S/c17-13-11-5-2-6-16(12(11)8-15-13)14(18)9-3-1-4-10(19)7-9/h1,3-4,7,11-12,19H,2,5-6,8H2,(H,15,17). The van der Waals surface area contributed by atoms with Crippen LogP contribution < -0.4 is 5.32 Å². The molecule has 0 aromatic heterocycles.